The van der Waals surface area contributed by atoms with Crippen LogP contribution in [0.4, 0.5) is 11.4 Å². The van der Waals surface area contributed by atoms with Crippen LogP contribution >= 0.6 is 15.9 Å². The van der Waals surface area contributed by atoms with E-state index in [2.05, 4.69) is 15.9 Å². The topological polar surface area (TPSA) is 66.6 Å². The van der Waals surface area contributed by atoms with Crippen molar-refractivity contribution in [2.45, 2.75) is 37.8 Å². The molecule has 0 radical (unpaired) electrons. The van der Waals surface area contributed by atoms with Crippen molar-refractivity contribution in [2.24, 2.45) is 0 Å². The van der Waals surface area contributed by atoms with Crippen LogP contribution in [0.1, 0.15) is 25.7 Å². The Labute approximate surface area is 120 Å². The van der Waals surface area contributed by atoms with Gasteiger partial charge in [-0.25, -0.2) is 0 Å². The highest BCUT2D eigenvalue weighted by Gasteiger charge is 2.30. The minimum atomic E-state index is -0.419. The Morgan fingerprint density at radius 3 is 2.74 bits per heavy atom. The van der Waals surface area contributed by atoms with Crippen molar-refractivity contribution in [1.29, 1.82) is 0 Å². The maximum Gasteiger partial charge on any atom is 0.292 e. The molecule has 0 spiro atoms. The van der Waals surface area contributed by atoms with Crippen molar-refractivity contribution in [3.05, 3.63) is 32.8 Å². The molecule has 1 aromatic carbocycles. The van der Waals surface area contributed by atoms with E-state index in [0.717, 1.165) is 30.2 Å². The van der Waals surface area contributed by atoms with Crippen LogP contribution in [-0.2, 0) is 0 Å². The highest BCUT2D eigenvalue weighted by Crippen LogP contribution is 2.34. The summed E-state index contributed by atoms with van der Waals surface area (Å²) in [6.07, 6.45) is 3.27. The Bertz CT molecular complexity index is 481. The number of likely N-dealkylation sites (N-methyl/N-ethyl adjacent to an activating group) is 1. The molecule has 1 aromatic rings. The smallest absolute Gasteiger partial charge is 0.292 e. The molecule has 0 bridgehead atoms. The molecule has 0 saturated heterocycles. The van der Waals surface area contributed by atoms with Gasteiger partial charge >= 0.3 is 0 Å². The maximum atomic E-state index is 11.1. The standard InChI is InChI=1S/C13H17BrN2O3/c1-15(11-4-2-3-5-13(11)17)12-8-9(14)6-7-10(12)16(18)19/h6-8,11,13,17H,2-5H2,1H3. The monoisotopic (exact) mass is 328 g/mol. The van der Waals surface area contributed by atoms with Gasteiger partial charge in [0.25, 0.3) is 5.69 Å². The first kappa shape index (κ1) is 14.3. The fourth-order valence-electron chi connectivity index (χ4n) is 2.66. The molecular formula is C13H17BrN2O3. The van der Waals surface area contributed by atoms with Gasteiger partial charge in [0.15, 0.2) is 0 Å². The molecule has 1 fully saturated rings. The minimum absolute atomic E-state index is 0.0539. The lowest BCUT2D eigenvalue weighted by atomic mass is 9.91. The van der Waals surface area contributed by atoms with Gasteiger partial charge in [0.2, 0.25) is 0 Å². The van der Waals surface area contributed by atoms with Crippen molar-refractivity contribution < 1.29 is 10.0 Å². The molecule has 2 atom stereocenters. The lowest BCUT2D eigenvalue weighted by Crippen LogP contribution is -2.43. The van der Waals surface area contributed by atoms with Gasteiger partial charge in [-0.2, -0.15) is 0 Å². The molecule has 0 aromatic heterocycles. The number of nitrogens with zero attached hydrogens (tertiary/aromatic N) is 2. The van der Waals surface area contributed by atoms with Crippen molar-refractivity contribution in [3.8, 4) is 0 Å². The van der Waals surface area contributed by atoms with Crippen LogP contribution in [0.2, 0.25) is 0 Å². The second-order valence-electron chi connectivity index (χ2n) is 4.92. The number of anilines is 1. The number of aliphatic hydroxyl groups is 1. The average Bonchev–Trinajstić information content (AvgIpc) is 2.38. The van der Waals surface area contributed by atoms with Gasteiger partial charge in [0.05, 0.1) is 17.1 Å². The van der Waals surface area contributed by atoms with E-state index in [0.29, 0.717) is 5.69 Å². The zero-order valence-corrected chi connectivity index (χ0v) is 12.3. The van der Waals surface area contributed by atoms with E-state index in [1.807, 2.05) is 11.9 Å². The number of benzene rings is 1. The highest BCUT2D eigenvalue weighted by atomic mass is 79.9. The Morgan fingerprint density at radius 2 is 2.11 bits per heavy atom. The SMILES string of the molecule is CN(c1cc(Br)ccc1[N+](=O)[O-])C1CCCCC1O. The van der Waals surface area contributed by atoms with E-state index in [9.17, 15) is 15.2 Å². The first-order valence-electron chi connectivity index (χ1n) is 6.35. The van der Waals surface area contributed by atoms with Gasteiger partial charge in [-0.05, 0) is 25.0 Å². The molecule has 6 heteroatoms. The molecule has 2 unspecified atom stereocenters. The third-order valence-corrected chi connectivity index (χ3v) is 4.20. The van der Waals surface area contributed by atoms with Crippen LogP contribution in [0.3, 0.4) is 0 Å². The number of hydrogen-bond donors (Lipinski definition) is 1. The summed E-state index contributed by atoms with van der Waals surface area (Å²) in [5.41, 5.74) is 0.619. The van der Waals surface area contributed by atoms with Crippen molar-refractivity contribution >= 4 is 27.3 Å². The summed E-state index contributed by atoms with van der Waals surface area (Å²) in [4.78, 5) is 12.6. The number of nitro groups is 1. The van der Waals surface area contributed by atoms with Gasteiger partial charge in [-0.15, -0.1) is 0 Å². The van der Waals surface area contributed by atoms with Gasteiger partial charge in [-0.3, -0.25) is 10.1 Å². The van der Waals surface area contributed by atoms with Crippen LogP contribution in [0.25, 0.3) is 0 Å². The Hall–Kier alpha value is -1.14. The van der Waals surface area contributed by atoms with E-state index >= 15 is 0 Å². The normalized spacial score (nSPS) is 23.1. The highest BCUT2D eigenvalue weighted by molar-refractivity contribution is 9.10. The predicted molar refractivity (Wildman–Crippen MR) is 77.5 cm³/mol. The first-order chi connectivity index (χ1) is 9.00. The van der Waals surface area contributed by atoms with Crippen molar-refractivity contribution in [3.63, 3.8) is 0 Å². The summed E-state index contributed by atoms with van der Waals surface area (Å²) in [7, 11) is 1.81. The molecule has 0 heterocycles. The molecular weight excluding hydrogens is 312 g/mol. The fourth-order valence-corrected chi connectivity index (χ4v) is 3.00. The molecule has 5 nitrogen and oxygen atoms in total. The van der Waals surface area contributed by atoms with E-state index in [4.69, 9.17) is 0 Å². The lowest BCUT2D eigenvalue weighted by Gasteiger charge is -2.36. The third-order valence-electron chi connectivity index (χ3n) is 3.71. The van der Waals surface area contributed by atoms with E-state index < -0.39 is 6.10 Å². The minimum Gasteiger partial charge on any atom is -0.391 e. The molecule has 0 amide bonds. The number of nitro benzene ring substituents is 1. The molecule has 2 rings (SSSR count). The molecule has 19 heavy (non-hydrogen) atoms. The second-order valence-corrected chi connectivity index (χ2v) is 5.84. The van der Waals surface area contributed by atoms with Crippen LogP contribution in [0, 0.1) is 10.1 Å². The van der Waals surface area contributed by atoms with Crippen LogP contribution in [-0.4, -0.2) is 29.2 Å². The summed E-state index contributed by atoms with van der Waals surface area (Å²) >= 11 is 3.34. The molecule has 1 saturated carbocycles. The van der Waals surface area contributed by atoms with Gasteiger partial charge in [0.1, 0.15) is 5.69 Å². The average molecular weight is 329 g/mol. The predicted octanol–water partition coefficient (Wildman–Crippen LogP) is 3.10. The van der Waals surface area contributed by atoms with E-state index in [-0.39, 0.29) is 16.7 Å². The molecule has 1 aliphatic rings. The number of halogens is 1. The number of hydrogen-bond acceptors (Lipinski definition) is 4. The summed E-state index contributed by atoms with van der Waals surface area (Å²) in [6.45, 7) is 0. The van der Waals surface area contributed by atoms with Gasteiger partial charge in [0, 0.05) is 17.6 Å². The number of rotatable bonds is 3. The molecule has 0 aliphatic heterocycles. The quantitative estimate of drug-likeness (QED) is 0.683. The van der Waals surface area contributed by atoms with Crippen molar-refractivity contribution in [1.82, 2.24) is 0 Å². The van der Waals surface area contributed by atoms with E-state index in [1.165, 1.54) is 6.07 Å². The van der Waals surface area contributed by atoms with Crippen molar-refractivity contribution in [2.75, 3.05) is 11.9 Å². The zero-order valence-electron chi connectivity index (χ0n) is 10.8. The zero-order chi connectivity index (χ0) is 14.0. The third kappa shape index (κ3) is 3.06. The van der Waals surface area contributed by atoms with Crippen LogP contribution in [0.15, 0.2) is 22.7 Å². The molecule has 1 aliphatic carbocycles. The second kappa shape index (κ2) is 5.88. The molecule has 104 valence electrons. The van der Waals surface area contributed by atoms with Crippen LogP contribution in [0.5, 0.6) is 0 Å². The molecule has 1 N–H and O–H groups in total. The first-order valence-corrected chi connectivity index (χ1v) is 7.15. The summed E-state index contributed by atoms with van der Waals surface area (Å²) in [5, 5.41) is 21.2. The van der Waals surface area contributed by atoms with E-state index in [1.54, 1.807) is 12.1 Å². The van der Waals surface area contributed by atoms with Crippen LogP contribution < -0.4 is 4.90 Å². The Balaban J connectivity index is 2.34. The van der Waals surface area contributed by atoms with Gasteiger partial charge in [-0.1, -0.05) is 28.8 Å². The summed E-state index contributed by atoms with van der Waals surface area (Å²) < 4.78 is 0.797. The largest absolute Gasteiger partial charge is 0.391 e. The summed E-state index contributed by atoms with van der Waals surface area (Å²) in [6, 6.07) is 4.83. The number of aliphatic hydroxyl groups excluding tert-OH is 1. The van der Waals surface area contributed by atoms with Gasteiger partial charge < -0.3 is 10.0 Å². The lowest BCUT2D eigenvalue weighted by molar-refractivity contribution is -0.384. The Morgan fingerprint density at radius 1 is 1.42 bits per heavy atom. The fraction of sp³-hybridized carbons (Fsp3) is 0.538. The Kier molecular flexibility index (Phi) is 4.42. The maximum absolute atomic E-state index is 11.1. The summed E-state index contributed by atoms with van der Waals surface area (Å²) in [5.74, 6) is 0.